The molecule has 0 aromatic carbocycles. The van der Waals surface area contributed by atoms with Crippen LogP contribution in [0.2, 0.25) is 0 Å². The number of hydrogen-bond donors (Lipinski definition) is 0. The molecule has 0 heterocycles. The van der Waals surface area contributed by atoms with Gasteiger partial charge in [0.25, 0.3) is 23.1 Å². The minimum Gasteiger partial charge on any atom is -0.869 e. The van der Waals surface area contributed by atoms with Crippen LogP contribution in [0, 0.1) is 39.9 Å². The number of allylic oxidation sites excluding steroid dienone is 8. The Bertz CT molecular complexity index is 1150. The van der Waals surface area contributed by atoms with Crippen LogP contribution in [-0.4, -0.2) is 72.5 Å². The van der Waals surface area contributed by atoms with E-state index in [4.69, 9.17) is 0 Å². The van der Waals surface area contributed by atoms with Crippen LogP contribution in [0.25, 0.3) is 0 Å². The van der Waals surface area contributed by atoms with Crippen molar-refractivity contribution in [3.63, 3.8) is 0 Å². The quantitative estimate of drug-likeness (QED) is 0.234. The molecule has 8 nitrogen and oxygen atoms in total. The van der Waals surface area contributed by atoms with E-state index in [1.807, 2.05) is 0 Å². The van der Waals surface area contributed by atoms with Gasteiger partial charge in [-0.15, -0.1) is 0 Å². The molecule has 0 aliphatic heterocycles. The van der Waals surface area contributed by atoms with E-state index in [1.165, 1.54) is 0 Å². The number of ketones is 4. The number of rotatable bonds is 4. The molecule has 304 valence electrons. The summed E-state index contributed by atoms with van der Waals surface area (Å²) in [7, 11) is 0. The zero-order chi connectivity index (χ0) is 43.4. The molecule has 0 N–H and O–H groups in total. The molecule has 0 aliphatic rings. The van der Waals surface area contributed by atoms with Gasteiger partial charge >= 0.3 is 89.4 Å². The van der Waals surface area contributed by atoms with Gasteiger partial charge in [0, 0.05) is 0 Å². The van der Waals surface area contributed by atoms with Crippen molar-refractivity contribution in [3.8, 4) is 0 Å². The molecule has 0 radical (unpaired) electrons. The monoisotopic (exact) mass is 1060 g/mol. The zero-order valence-electron chi connectivity index (χ0n) is 23.1. The smallest absolute Gasteiger partial charge is 0.869 e. The number of halogens is 24. The minimum atomic E-state index is -5.46. The minimum absolute atomic E-state index is 0. The summed E-state index contributed by atoms with van der Waals surface area (Å²) < 4.78 is 271. The third kappa shape index (κ3) is 28.6. The van der Waals surface area contributed by atoms with Gasteiger partial charge in [-0.1, -0.05) is 0 Å². The third-order valence-corrected chi connectivity index (χ3v) is 3.28. The molecular formula is C20H4F24O8Th. The molecule has 0 saturated heterocycles. The molecule has 0 rings (SSSR count). The molecule has 0 spiro atoms. The Balaban J connectivity index is -0.000000192. The molecule has 0 bridgehead atoms. The second kappa shape index (κ2) is 20.8. The van der Waals surface area contributed by atoms with Crippen LogP contribution in [0.1, 0.15) is 0 Å². The Morgan fingerprint density at radius 1 is 0.264 bits per heavy atom. The van der Waals surface area contributed by atoms with Crippen molar-refractivity contribution in [1.82, 2.24) is 0 Å². The fourth-order valence-electron chi connectivity index (χ4n) is 1.13. The third-order valence-electron chi connectivity index (χ3n) is 3.28. The van der Waals surface area contributed by atoms with E-state index >= 15 is 0 Å². The molecule has 0 aromatic rings. The van der Waals surface area contributed by atoms with Crippen LogP contribution >= 0.6 is 0 Å². The maximum absolute atomic E-state index is 11.3. The second-order valence-corrected chi connectivity index (χ2v) is 7.47. The molecule has 0 aliphatic carbocycles. The molecule has 0 aromatic heterocycles. The molecule has 0 amide bonds. The van der Waals surface area contributed by atoms with E-state index in [9.17, 15) is 145 Å². The van der Waals surface area contributed by atoms with Crippen molar-refractivity contribution in [2.75, 3.05) is 0 Å². The first-order valence-corrected chi connectivity index (χ1v) is 10.5. The average Bonchev–Trinajstić information content (AvgIpc) is 2.85. The van der Waals surface area contributed by atoms with Crippen LogP contribution in [0.15, 0.2) is 47.3 Å². The zero-order valence-corrected chi connectivity index (χ0v) is 27.3. The Kier molecular flexibility index (Phi) is 23.1. The molecule has 0 unspecified atom stereocenters. The Morgan fingerprint density at radius 3 is 0.415 bits per heavy atom. The first-order valence-electron chi connectivity index (χ1n) is 10.5. The maximum Gasteiger partial charge on any atom is 4.00 e. The summed E-state index contributed by atoms with van der Waals surface area (Å²) in [4.78, 5) is 39.3. The number of carbonyl (C=O) groups is 4. The molecule has 0 saturated carbocycles. The molecular weight excluding hydrogens is 1060 g/mol. The molecule has 33 heteroatoms. The Hall–Kier alpha value is -3.52. The average molecular weight is 1060 g/mol. The van der Waals surface area contributed by atoms with E-state index < -0.39 is 120 Å². The van der Waals surface area contributed by atoms with Crippen molar-refractivity contribution < 1.29 is 185 Å². The summed E-state index contributed by atoms with van der Waals surface area (Å²) in [5, 5.41) is 39.3. The van der Waals surface area contributed by atoms with Crippen LogP contribution in [0.4, 0.5) is 105 Å². The van der Waals surface area contributed by atoms with E-state index in [-0.39, 0.29) is 39.9 Å². The van der Waals surface area contributed by atoms with Crippen molar-refractivity contribution in [2.45, 2.75) is 49.4 Å². The van der Waals surface area contributed by atoms with Crippen molar-refractivity contribution in [1.29, 1.82) is 0 Å². The number of carbonyl (C=O) groups excluding carboxylic acids is 4. The summed E-state index contributed by atoms with van der Waals surface area (Å²) >= 11 is 0. The fourth-order valence-corrected chi connectivity index (χ4v) is 1.13. The van der Waals surface area contributed by atoms with E-state index in [0.29, 0.717) is 0 Å². The summed E-state index contributed by atoms with van der Waals surface area (Å²) in [6.07, 6.45) is -47.8. The van der Waals surface area contributed by atoms with E-state index in [0.717, 1.165) is 0 Å². The Morgan fingerprint density at radius 2 is 0.358 bits per heavy atom. The normalized spacial score (nSPS) is 14.2. The van der Waals surface area contributed by atoms with Crippen LogP contribution in [0.3, 0.4) is 0 Å². The Labute approximate surface area is 304 Å². The largest absolute Gasteiger partial charge is 4.00 e. The topological polar surface area (TPSA) is 161 Å². The molecule has 53 heavy (non-hydrogen) atoms. The van der Waals surface area contributed by atoms with Crippen molar-refractivity contribution in [3.05, 3.63) is 47.3 Å². The van der Waals surface area contributed by atoms with Gasteiger partial charge in [0.1, 0.15) is 0 Å². The SMILES string of the molecule is O=C(C=C([O-])C(F)(F)F)C(F)(F)F.O=C(C=C([O-])C(F)(F)F)C(F)(F)F.O=C(C=C([O-])C(F)(F)F)C(F)(F)F.O=C(C=C([O-])C(F)(F)F)C(F)(F)F.[Th+4]. The van der Waals surface area contributed by atoms with Gasteiger partial charge in [-0.3, -0.25) is 19.2 Å². The summed E-state index contributed by atoms with van der Waals surface area (Å²) in [6.45, 7) is 0. The van der Waals surface area contributed by atoms with Gasteiger partial charge in [-0.25, -0.2) is 0 Å². The number of hydrogen-bond acceptors (Lipinski definition) is 8. The predicted molar refractivity (Wildman–Crippen MR) is 101 cm³/mol. The van der Waals surface area contributed by atoms with E-state index in [1.54, 1.807) is 0 Å². The van der Waals surface area contributed by atoms with Gasteiger partial charge < -0.3 is 20.4 Å². The predicted octanol–water partition coefficient (Wildman–Crippen LogP) is 3.70. The van der Waals surface area contributed by atoms with Crippen molar-refractivity contribution >= 4 is 23.1 Å². The van der Waals surface area contributed by atoms with Crippen LogP contribution < -0.4 is 20.4 Å². The fraction of sp³-hybridized carbons (Fsp3) is 0.400. The first kappa shape index (κ1) is 58.8. The van der Waals surface area contributed by atoms with Gasteiger partial charge in [0.2, 0.25) is 0 Å². The first-order chi connectivity index (χ1) is 22.2. The van der Waals surface area contributed by atoms with Crippen LogP contribution in [0.5, 0.6) is 0 Å². The van der Waals surface area contributed by atoms with Gasteiger partial charge in [0.05, 0.1) is 0 Å². The maximum atomic E-state index is 11.3. The molecule has 0 atom stereocenters. The van der Waals surface area contributed by atoms with Gasteiger partial charge in [0.15, 0.2) is 0 Å². The number of alkyl halides is 24. The van der Waals surface area contributed by atoms with Gasteiger partial charge in [-0.2, -0.15) is 105 Å². The summed E-state index contributed by atoms with van der Waals surface area (Å²) in [6, 6.07) is 0. The van der Waals surface area contributed by atoms with Gasteiger partial charge in [-0.05, 0) is 47.3 Å². The second-order valence-electron chi connectivity index (χ2n) is 7.47. The van der Waals surface area contributed by atoms with Crippen LogP contribution in [-0.2, 0) is 19.2 Å². The standard InChI is InChI=1S/4C5H2F6O2.Th/c4*6-4(7,8)2(12)1-3(13)5(9,10)11;/h4*1,12H;/q;;;;+4/p-4. The van der Waals surface area contributed by atoms with Crippen molar-refractivity contribution in [2.24, 2.45) is 0 Å². The summed E-state index contributed by atoms with van der Waals surface area (Å²) in [5.74, 6) is -22.6. The molecule has 0 fully saturated rings. The van der Waals surface area contributed by atoms with E-state index in [2.05, 4.69) is 0 Å². The summed E-state index contributed by atoms with van der Waals surface area (Å²) in [5.41, 5.74) is 0.